The van der Waals surface area contributed by atoms with Gasteiger partial charge >= 0.3 is 0 Å². The van der Waals surface area contributed by atoms with Crippen molar-refractivity contribution in [3.8, 4) is 5.75 Å². The molecule has 3 aromatic rings. The number of carbonyl (C=O) groups excluding carboxylic acids is 2. The molecule has 2 aromatic carbocycles. The Balaban J connectivity index is 1.26. The number of para-hydroxylation sites is 1. The zero-order chi connectivity index (χ0) is 22.5. The van der Waals surface area contributed by atoms with Crippen LogP contribution in [0.4, 0.5) is 0 Å². The predicted octanol–water partition coefficient (Wildman–Crippen LogP) is 1.99. The van der Waals surface area contributed by atoms with Crippen LogP contribution in [0.5, 0.6) is 5.75 Å². The van der Waals surface area contributed by atoms with E-state index in [9.17, 15) is 14.4 Å². The van der Waals surface area contributed by atoms with Crippen molar-refractivity contribution >= 4 is 22.8 Å². The van der Waals surface area contributed by atoms with Crippen molar-refractivity contribution in [1.29, 1.82) is 0 Å². The van der Waals surface area contributed by atoms with Crippen LogP contribution in [0.25, 0.3) is 11.0 Å². The van der Waals surface area contributed by atoms with Crippen LogP contribution in [0.15, 0.2) is 63.8 Å². The molecule has 2 amide bonds. The van der Waals surface area contributed by atoms with E-state index in [0.29, 0.717) is 61.6 Å². The number of benzene rings is 2. The van der Waals surface area contributed by atoms with Gasteiger partial charge in [0.2, 0.25) is 0 Å². The molecule has 0 unspecified atom stereocenters. The van der Waals surface area contributed by atoms with Crippen molar-refractivity contribution in [3.05, 3.63) is 76.1 Å². The number of fused-ring (bicyclic) bond motifs is 1. The number of piperazine rings is 1. The summed E-state index contributed by atoms with van der Waals surface area (Å²) in [6.45, 7) is 3.63. The fourth-order valence-corrected chi connectivity index (χ4v) is 3.71. The first-order valence-electron chi connectivity index (χ1n) is 10.5. The third kappa shape index (κ3) is 4.81. The number of hydrogen-bond acceptors (Lipinski definition) is 6. The first kappa shape index (κ1) is 21.6. The summed E-state index contributed by atoms with van der Waals surface area (Å²) < 4.78 is 10.8. The lowest BCUT2D eigenvalue weighted by atomic mass is 10.2. The van der Waals surface area contributed by atoms with Gasteiger partial charge in [-0.3, -0.25) is 19.3 Å². The van der Waals surface area contributed by atoms with Gasteiger partial charge in [-0.05, 0) is 36.4 Å². The van der Waals surface area contributed by atoms with Gasteiger partial charge in [0.25, 0.3) is 11.8 Å². The maximum absolute atomic E-state index is 12.8. The number of nitrogens with zero attached hydrogens (tertiary/aromatic N) is 2. The van der Waals surface area contributed by atoms with Gasteiger partial charge in [-0.15, -0.1) is 0 Å². The van der Waals surface area contributed by atoms with Crippen LogP contribution in [-0.2, 0) is 0 Å². The van der Waals surface area contributed by atoms with E-state index in [1.165, 1.54) is 6.07 Å². The molecule has 0 bridgehead atoms. The molecular formula is C24H25N3O5. The third-order valence-corrected chi connectivity index (χ3v) is 5.57. The minimum Gasteiger partial charge on any atom is -0.497 e. The highest BCUT2D eigenvalue weighted by molar-refractivity contribution is 5.94. The van der Waals surface area contributed by atoms with Crippen molar-refractivity contribution in [2.75, 3.05) is 46.4 Å². The van der Waals surface area contributed by atoms with Gasteiger partial charge in [-0.2, -0.15) is 0 Å². The Kier molecular flexibility index (Phi) is 6.51. The standard InChI is InChI=1S/C24H25N3O5/c1-31-18-8-6-17(7-9-18)23(29)25-10-11-26-12-14-27(15-13-26)24(30)22-16-20(28)19-4-2-3-5-21(19)32-22/h2-9,16H,10-15H2,1H3,(H,25,29). The van der Waals surface area contributed by atoms with E-state index >= 15 is 0 Å². The van der Waals surface area contributed by atoms with E-state index in [0.717, 1.165) is 0 Å². The summed E-state index contributed by atoms with van der Waals surface area (Å²) in [6.07, 6.45) is 0. The number of amides is 2. The quantitative estimate of drug-likeness (QED) is 0.637. The fourth-order valence-electron chi connectivity index (χ4n) is 3.71. The van der Waals surface area contributed by atoms with Crippen LogP contribution in [0.1, 0.15) is 20.9 Å². The van der Waals surface area contributed by atoms with Gasteiger partial charge < -0.3 is 19.4 Å². The second-order valence-electron chi connectivity index (χ2n) is 7.59. The van der Waals surface area contributed by atoms with Gasteiger partial charge in [0.1, 0.15) is 11.3 Å². The molecule has 8 nitrogen and oxygen atoms in total. The minimum absolute atomic E-state index is 0.0638. The lowest BCUT2D eigenvalue weighted by Crippen LogP contribution is -2.50. The van der Waals surface area contributed by atoms with Gasteiger partial charge in [-0.25, -0.2) is 0 Å². The molecule has 0 aliphatic carbocycles. The highest BCUT2D eigenvalue weighted by Gasteiger charge is 2.24. The van der Waals surface area contributed by atoms with Crippen molar-refractivity contribution in [3.63, 3.8) is 0 Å². The Morgan fingerprint density at radius 2 is 1.75 bits per heavy atom. The topological polar surface area (TPSA) is 92.1 Å². The predicted molar refractivity (Wildman–Crippen MR) is 120 cm³/mol. The largest absolute Gasteiger partial charge is 0.497 e. The number of carbonyl (C=O) groups is 2. The summed E-state index contributed by atoms with van der Waals surface area (Å²) in [5, 5.41) is 3.38. The smallest absolute Gasteiger partial charge is 0.289 e. The molecule has 4 rings (SSSR count). The number of ether oxygens (including phenoxy) is 1. The van der Waals surface area contributed by atoms with Crippen LogP contribution >= 0.6 is 0 Å². The molecule has 166 valence electrons. The first-order chi connectivity index (χ1) is 15.5. The van der Waals surface area contributed by atoms with E-state index in [2.05, 4.69) is 10.2 Å². The summed E-state index contributed by atoms with van der Waals surface area (Å²) >= 11 is 0. The summed E-state index contributed by atoms with van der Waals surface area (Å²) in [5.41, 5.74) is 0.772. The Morgan fingerprint density at radius 1 is 1.03 bits per heavy atom. The number of hydrogen-bond donors (Lipinski definition) is 1. The zero-order valence-corrected chi connectivity index (χ0v) is 17.9. The molecule has 1 aliphatic heterocycles. The molecule has 1 aliphatic rings. The van der Waals surface area contributed by atoms with E-state index in [4.69, 9.17) is 9.15 Å². The first-order valence-corrected chi connectivity index (χ1v) is 10.5. The maximum atomic E-state index is 12.8. The molecule has 0 atom stereocenters. The molecule has 1 aromatic heterocycles. The van der Waals surface area contributed by atoms with E-state index in [1.54, 1.807) is 60.5 Å². The molecule has 2 heterocycles. The maximum Gasteiger partial charge on any atom is 0.289 e. The third-order valence-electron chi connectivity index (χ3n) is 5.57. The van der Waals surface area contributed by atoms with Crippen molar-refractivity contribution in [1.82, 2.24) is 15.1 Å². The van der Waals surface area contributed by atoms with Crippen molar-refractivity contribution in [2.24, 2.45) is 0 Å². The number of methoxy groups -OCH3 is 1. The van der Waals surface area contributed by atoms with Gasteiger partial charge in [0, 0.05) is 50.9 Å². The Morgan fingerprint density at radius 3 is 2.47 bits per heavy atom. The van der Waals surface area contributed by atoms with Gasteiger partial charge in [-0.1, -0.05) is 12.1 Å². The van der Waals surface area contributed by atoms with Gasteiger partial charge in [0.15, 0.2) is 11.2 Å². The van der Waals surface area contributed by atoms with Crippen LogP contribution < -0.4 is 15.5 Å². The van der Waals surface area contributed by atoms with Crippen LogP contribution in [0.3, 0.4) is 0 Å². The number of rotatable bonds is 6. The second-order valence-corrected chi connectivity index (χ2v) is 7.59. The summed E-state index contributed by atoms with van der Waals surface area (Å²) in [5.74, 6) is 0.360. The highest BCUT2D eigenvalue weighted by Crippen LogP contribution is 2.15. The van der Waals surface area contributed by atoms with Crippen LogP contribution in [0.2, 0.25) is 0 Å². The highest BCUT2D eigenvalue weighted by atomic mass is 16.5. The molecule has 0 radical (unpaired) electrons. The van der Waals surface area contributed by atoms with E-state index in [-0.39, 0.29) is 23.0 Å². The van der Waals surface area contributed by atoms with Crippen LogP contribution in [0, 0.1) is 0 Å². The summed E-state index contributed by atoms with van der Waals surface area (Å²) in [6, 6.07) is 15.1. The second kappa shape index (κ2) is 9.65. The van der Waals surface area contributed by atoms with Crippen LogP contribution in [-0.4, -0.2) is 68.0 Å². The molecule has 0 spiro atoms. The molecule has 32 heavy (non-hydrogen) atoms. The summed E-state index contributed by atoms with van der Waals surface area (Å²) in [4.78, 5) is 41.2. The lowest BCUT2D eigenvalue weighted by molar-refractivity contribution is 0.0607. The average molecular weight is 435 g/mol. The van der Waals surface area contributed by atoms with E-state index in [1.807, 2.05) is 0 Å². The minimum atomic E-state index is -0.277. The Labute approximate surface area is 185 Å². The van der Waals surface area contributed by atoms with Crippen molar-refractivity contribution < 1.29 is 18.7 Å². The average Bonchev–Trinajstić information content (AvgIpc) is 2.84. The molecule has 1 saturated heterocycles. The van der Waals surface area contributed by atoms with E-state index < -0.39 is 0 Å². The SMILES string of the molecule is COc1ccc(C(=O)NCCN2CCN(C(=O)c3cc(=O)c4ccccc4o3)CC2)cc1. The Hall–Kier alpha value is -3.65. The normalized spacial score (nSPS) is 14.3. The van der Waals surface area contributed by atoms with Gasteiger partial charge in [0.05, 0.1) is 12.5 Å². The Bertz CT molecular complexity index is 1160. The number of nitrogens with one attached hydrogen (secondary N) is 1. The lowest BCUT2D eigenvalue weighted by Gasteiger charge is -2.34. The zero-order valence-electron chi connectivity index (χ0n) is 17.9. The fraction of sp³-hybridized carbons (Fsp3) is 0.292. The monoisotopic (exact) mass is 435 g/mol. The molecule has 0 saturated carbocycles. The molecule has 1 N–H and O–H groups in total. The molecule has 1 fully saturated rings. The molecule has 8 heteroatoms. The summed E-state index contributed by atoms with van der Waals surface area (Å²) in [7, 11) is 1.58. The molecular weight excluding hydrogens is 410 g/mol. The van der Waals surface area contributed by atoms with Crippen molar-refractivity contribution in [2.45, 2.75) is 0 Å².